The van der Waals surface area contributed by atoms with Crippen LogP contribution in [0.1, 0.15) is 81.1 Å². The molecular weight excluding hydrogens is 462 g/mol. The number of nitrogens with zero attached hydrogens (tertiary/aromatic N) is 3. The Morgan fingerprint density at radius 2 is 1.84 bits per heavy atom. The maximum absolute atomic E-state index is 12.9. The van der Waals surface area contributed by atoms with Crippen LogP contribution < -0.4 is 21.3 Å². The highest BCUT2D eigenvalue weighted by Crippen LogP contribution is 2.45. The zero-order chi connectivity index (χ0) is 26.2. The largest absolute Gasteiger partial charge is 0.350 e. The number of anilines is 4. The number of hydrogen-bond acceptors (Lipinski definition) is 7. The van der Waals surface area contributed by atoms with Crippen molar-refractivity contribution in [3.8, 4) is 0 Å². The molecule has 1 fully saturated rings. The van der Waals surface area contributed by atoms with E-state index in [4.69, 9.17) is 4.98 Å². The maximum Gasteiger partial charge on any atom is 0.256 e. The molecule has 5 rings (SSSR count). The van der Waals surface area contributed by atoms with Gasteiger partial charge < -0.3 is 21.3 Å². The van der Waals surface area contributed by atoms with Gasteiger partial charge in [-0.2, -0.15) is 4.98 Å². The van der Waals surface area contributed by atoms with E-state index < -0.39 is 0 Å². The molecule has 1 aliphatic carbocycles. The third-order valence-electron chi connectivity index (χ3n) is 7.19. The predicted molar refractivity (Wildman–Crippen MR) is 148 cm³/mol. The van der Waals surface area contributed by atoms with Gasteiger partial charge in [-0.1, -0.05) is 26.8 Å². The van der Waals surface area contributed by atoms with E-state index in [-0.39, 0.29) is 22.9 Å². The molecule has 3 aromatic rings. The monoisotopic (exact) mass is 499 g/mol. The smallest absolute Gasteiger partial charge is 0.256 e. The molecule has 1 saturated carbocycles. The number of carbonyl (C=O) groups is 1. The molecule has 0 radical (unpaired) electrons. The minimum Gasteiger partial charge on any atom is -0.350 e. The number of fused-ring (bicyclic) bond motifs is 2. The van der Waals surface area contributed by atoms with Crippen molar-refractivity contribution < 1.29 is 4.79 Å². The van der Waals surface area contributed by atoms with Crippen LogP contribution in [0.2, 0.25) is 0 Å². The maximum atomic E-state index is 12.9. The molecule has 0 unspecified atom stereocenters. The summed E-state index contributed by atoms with van der Waals surface area (Å²) in [4.78, 5) is 26.7. The Hall–Kier alpha value is -3.52. The van der Waals surface area contributed by atoms with Gasteiger partial charge in [-0.05, 0) is 74.9 Å². The van der Waals surface area contributed by atoms with Gasteiger partial charge >= 0.3 is 0 Å². The minimum absolute atomic E-state index is 0.00415. The first kappa shape index (κ1) is 25.1. The number of rotatable bonds is 6. The van der Waals surface area contributed by atoms with Crippen LogP contribution in [0, 0.1) is 0 Å². The van der Waals surface area contributed by atoms with Crippen LogP contribution in [0.5, 0.6) is 0 Å². The summed E-state index contributed by atoms with van der Waals surface area (Å²) in [7, 11) is 0. The van der Waals surface area contributed by atoms with Crippen LogP contribution in [0.3, 0.4) is 0 Å². The molecule has 1 aliphatic heterocycles. The van der Waals surface area contributed by atoms with E-state index in [1.165, 1.54) is 30.4 Å². The van der Waals surface area contributed by atoms with E-state index in [0.717, 1.165) is 30.0 Å². The summed E-state index contributed by atoms with van der Waals surface area (Å²) in [6.07, 6.45) is 8.04. The molecule has 1 aromatic carbocycles. The van der Waals surface area contributed by atoms with E-state index in [9.17, 15) is 4.79 Å². The van der Waals surface area contributed by atoms with E-state index in [1.54, 1.807) is 12.4 Å². The molecule has 0 saturated heterocycles. The van der Waals surface area contributed by atoms with Crippen molar-refractivity contribution >= 4 is 29.0 Å². The van der Waals surface area contributed by atoms with E-state index >= 15 is 0 Å². The summed E-state index contributed by atoms with van der Waals surface area (Å²) in [5.41, 5.74) is 5.96. The number of pyridine rings is 1. The van der Waals surface area contributed by atoms with E-state index in [1.807, 2.05) is 26.0 Å². The molecule has 0 atom stereocenters. The molecule has 2 aromatic heterocycles. The molecule has 3 heterocycles. The third kappa shape index (κ3) is 5.30. The van der Waals surface area contributed by atoms with Crippen LogP contribution in [0.15, 0.2) is 42.7 Å². The van der Waals surface area contributed by atoms with Gasteiger partial charge in [0.2, 0.25) is 5.95 Å². The number of carbonyl (C=O) groups excluding carboxylic acids is 1. The van der Waals surface area contributed by atoms with Crippen molar-refractivity contribution in [2.24, 2.45) is 0 Å². The molecule has 1 amide bonds. The van der Waals surface area contributed by atoms with Crippen molar-refractivity contribution in [2.75, 3.05) is 17.2 Å². The van der Waals surface area contributed by atoms with Crippen molar-refractivity contribution in [2.45, 2.75) is 77.3 Å². The SMILES string of the molecule is CC(C)NC(=O)c1cnc(Nc2ccc3c(c2)CCNC32CCC2)nc1Nc1ccnc(C(C)(C)C)c1. The topological polar surface area (TPSA) is 104 Å². The van der Waals surface area contributed by atoms with Crippen LogP contribution in [0.25, 0.3) is 0 Å². The Morgan fingerprint density at radius 3 is 2.54 bits per heavy atom. The minimum atomic E-state index is -0.221. The van der Waals surface area contributed by atoms with Crippen LogP contribution in [-0.4, -0.2) is 33.4 Å². The van der Waals surface area contributed by atoms with E-state index in [2.05, 4.69) is 70.2 Å². The summed E-state index contributed by atoms with van der Waals surface area (Å²) >= 11 is 0. The fourth-order valence-electron chi connectivity index (χ4n) is 5.08. The Kier molecular flexibility index (Phi) is 6.62. The molecule has 8 nitrogen and oxygen atoms in total. The van der Waals surface area contributed by atoms with Crippen LogP contribution in [-0.2, 0) is 17.4 Å². The Morgan fingerprint density at radius 1 is 1.05 bits per heavy atom. The van der Waals surface area contributed by atoms with Gasteiger partial charge in [0.05, 0.1) is 0 Å². The highest BCUT2D eigenvalue weighted by Gasteiger charge is 2.41. The zero-order valence-electron chi connectivity index (χ0n) is 22.4. The molecule has 4 N–H and O–H groups in total. The second kappa shape index (κ2) is 9.74. The predicted octanol–water partition coefficient (Wildman–Crippen LogP) is 5.32. The molecule has 194 valence electrons. The molecule has 2 aliphatic rings. The Bertz CT molecular complexity index is 1310. The fourth-order valence-corrected chi connectivity index (χ4v) is 5.08. The highest BCUT2D eigenvalue weighted by atomic mass is 16.1. The van der Waals surface area contributed by atoms with Gasteiger partial charge in [-0.15, -0.1) is 0 Å². The Labute approximate surface area is 219 Å². The van der Waals surface area contributed by atoms with Crippen LogP contribution >= 0.6 is 0 Å². The van der Waals surface area contributed by atoms with Crippen molar-refractivity contribution in [1.82, 2.24) is 25.6 Å². The molecule has 0 bridgehead atoms. The van der Waals surface area contributed by atoms with Crippen molar-refractivity contribution in [1.29, 1.82) is 0 Å². The molecule has 1 spiro atoms. The van der Waals surface area contributed by atoms with Gasteiger partial charge in [0.25, 0.3) is 5.91 Å². The number of aromatic nitrogens is 3. The molecule has 37 heavy (non-hydrogen) atoms. The second-order valence-corrected chi connectivity index (χ2v) is 11.5. The highest BCUT2D eigenvalue weighted by molar-refractivity contribution is 5.99. The lowest BCUT2D eigenvalue weighted by atomic mass is 9.68. The quantitative estimate of drug-likeness (QED) is 0.364. The molecular formula is C29H37N7O. The third-order valence-corrected chi connectivity index (χ3v) is 7.19. The number of nitrogens with one attached hydrogen (secondary N) is 4. The van der Waals surface area contributed by atoms with Crippen molar-refractivity contribution in [3.63, 3.8) is 0 Å². The summed E-state index contributed by atoms with van der Waals surface area (Å²) in [6, 6.07) is 10.4. The second-order valence-electron chi connectivity index (χ2n) is 11.5. The molecule has 8 heteroatoms. The standard InChI is InChI=1S/C29H37N7O/c1-18(2)33-26(37)22-17-31-27(36-25(22)34-21-10-13-30-24(16-21)28(3,4)5)35-20-7-8-23-19(15-20)9-14-32-29(23)11-6-12-29/h7-8,10,13,15-18,32H,6,9,11-12,14H2,1-5H3,(H,33,37)(H2,30,31,34,35,36). The first-order valence-corrected chi connectivity index (χ1v) is 13.2. The number of amides is 1. The van der Waals surface area contributed by atoms with Crippen LogP contribution in [0.4, 0.5) is 23.1 Å². The summed E-state index contributed by atoms with van der Waals surface area (Å²) < 4.78 is 0. The first-order valence-electron chi connectivity index (χ1n) is 13.2. The normalized spacial score (nSPS) is 16.2. The van der Waals surface area contributed by atoms with E-state index in [0.29, 0.717) is 17.3 Å². The first-order chi connectivity index (χ1) is 17.6. The summed E-state index contributed by atoms with van der Waals surface area (Å²) in [5, 5.41) is 13.4. The Balaban J connectivity index is 1.44. The summed E-state index contributed by atoms with van der Waals surface area (Å²) in [5.74, 6) is 0.652. The average Bonchev–Trinajstić information content (AvgIpc) is 2.82. The fraction of sp³-hybridized carbons (Fsp3) is 0.448. The number of benzene rings is 1. The average molecular weight is 500 g/mol. The van der Waals surface area contributed by atoms with Gasteiger partial charge in [-0.25, -0.2) is 4.98 Å². The lowest BCUT2D eigenvalue weighted by Crippen LogP contribution is -2.51. The van der Waals surface area contributed by atoms with Gasteiger partial charge in [-0.3, -0.25) is 9.78 Å². The number of hydrogen-bond donors (Lipinski definition) is 4. The van der Waals surface area contributed by atoms with Gasteiger partial charge in [0.15, 0.2) is 0 Å². The van der Waals surface area contributed by atoms with Gasteiger partial charge in [0.1, 0.15) is 11.4 Å². The lowest BCUT2D eigenvalue weighted by Gasteiger charge is -2.47. The van der Waals surface area contributed by atoms with Crippen molar-refractivity contribution in [3.05, 3.63) is 65.1 Å². The lowest BCUT2D eigenvalue weighted by molar-refractivity contribution is 0.0943. The summed E-state index contributed by atoms with van der Waals surface area (Å²) in [6.45, 7) is 11.2. The van der Waals surface area contributed by atoms with Gasteiger partial charge in [0, 0.05) is 53.0 Å². The zero-order valence-corrected chi connectivity index (χ0v) is 22.4.